The first-order chi connectivity index (χ1) is 20.8. The molecule has 42 heavy (non-hydrogen) atoms. The largest absolute Gasteiger partial charge is 0.355 e. The highest BCUT2D eigenvalue weighted by Gasteiger charge is 2.13. The summed E-state index contributed by atoms with van der Waals surface area (Å²) in [6.45, 7) is 0. The van der Waals surface area contributed by atoms with Crippen molar-refractivity contribution in [1.82, 2.24) is 4.98 Å². The van der Waals surface area contributed by atoms with E-state index in [0.717, 1.165) is 28.1 Å². The minimum atomic E-state index is 1.13. The number of benzene rings is 7. The lowest BCUT2D eigenvalue weighted by atomic mass is 9.98. The SMILES string of the molecule is c1ccc(N(c2ccccc2)c2ccc(-c3ccc4[nH]c5ccc(-c6ccc7ccccc7c6)cc5c4c3)cc2)cc1. The zero-order chi connectivity index (χ0) is 27.9. The molecule has 7 aromatic carbocycles. The van der Waals surface area contributed by atoms with Crippen molar-refractivity contribution in [1.29, 1.82) is 0 Å². The van der Waals surface area contributed by atoms with Crippen LogP contribution in [-0.2, 0) is 0 Å². The second kappa shape index (κ2) is 10.1. The fraction of sp³-hybridized carbons (Fsp3) is 0. The Kier molecular flexibility index (Phi) is 5.82. The van der Waals surface area contributed by atoms with Crippen LogP contribution in [0.5, 0.6) is 0 Å². The van der Waals surface area contributed by atoms with E-state index < -0.39 is 0 Å². The molecule has 0 aliphatic carbocycles. The van der Waals surface area contributed by atoms with E-state index in [1.165, 1.54) is 43.8 Å². The molecule has 8 aromatic rings. The molecule has 0 amide bonds. The van der Waals surface area contributed by atoms with Gasteiger partial charge in [-0.15, -0.1) is 0 Å². The van der Waals surface area contributed by atoms with Gasteiger partial charge in [0.1, 0.15) is 0 Å². The van der Waals surface area contributed by atoms with Crippen molar-refractivity contribution < 1.29 is 0 Å². The van der Waals surface area contributed by atoms with E-state index in [0.29, 0.717) is 0 Å². The number of aromatic amines is 1. The van der Waals surface area contributed by atoms with Crippen LogP contribution in [0.3, 0.4) is 0 Å². The van der Waals surface area contributed by atoms with Gasteiger partial charge in [0.05, 0.1) is 0 Å². The minimum Gasteiger partial charge on any atom is -0.355 e. The molecule has 1 aromatic heterocycles. The van der Waals surface area contributed by atoms with Gasteiger partial charge in [-0.25, -0.2) is 0 Å². The van der Waals surface area contributed by atoms with Crippen LogP contribution < -0.4 is 4.90 Å². The maximum absolute atomic E-state index is 3.62. The molecule has 2 nitrogen and oxygen atoms in total. The smallest absolute Gasteiger partial charge is 0.0465 e. The molecular weight excluding hydrogens is 508 g/mol. The summed E-state index contributed by atoms with van der Waals surface area (Å²) in [5.74, 6) is 0. The van der Waals surface area contributed by atoms with Gasteiger partial charge >= 0.3 is 0 Å². The Morgan fingerprint density at radius 3 is 1.40 bits per heavy atom. The first-order valence-electron chi connectivity index (χ1n) is 14.4. The van der Waals surface area contributed by atoms with Gasteiger partial charge in [-0.05, 0) is 99.8 Å². The summed E-state index contributed by atoms with van der Waals surface area (Å²) in [6, 6.07) is 58.7. The summed E-state index contributed by atoms with van der Waals surface area (Å²) in [5.41, 5.74) is 10.6. The van der Waals surface area contributed by atoms with Gasteiger partial charge in [0, 0.05) is 38.9 Å². The lowest BCUT2D eigenvalue weighted by molar-refractivity contribution is 1.28. The van der Waals surface area contributed by atoms with Crippen LogP contribution in [0.15, 0.2) is 164 Å². The van der Waals surface area contributed by atoms with Gasteiger partial charge in [-0.2, -0.15) is 0 Å². The van der Waals surface area contributed by atoms with Crippen molar-refractivity contribution in [3.8, 4) is 22.3 Å². The predicted molar refractivity (Wildman–Crippen MR) is 179 cm³/mol. The quantitative estimate of drug-likeness (QED) is 0.232. The number of nitrogens with one attached hydrogen (secondary N) is 1. The molecule has 1 N–H and O–H groups in total. The molecule has 0 radical (unpaired) electrons. The summed E-state index contributed by atoms with van der Waals surface area (Å²) in [5, 5.41) is 5.01. The van der Waals surface area contributed by atoms with Gasteiger partial charge < -0.3 is 9.88 Å². The Bertz CT molecular complexity index is 2140. The topological polar surface area (TPSA) is 19.0 Å². The summed E-state index contributed by atoms with van der Waals surface area (Å²) >= 11 is 0. The third-order valence-electron chi connectivity index (χ3n) is 8.17. The Morgan fingerprint density at radius 1 is 0.333 bits per heavy atom. The van der Waals surface area contributed by atoms with E-state index >= 15 is 0 Å². The molecule has 198 valence electrons. The molecule has 0 aliphatic heterocycles. The average Bonchev–Trinajstić information content (AvgIpc) is 3.43. The van der Waals surface area contributed by atoms with Crippen LogP contribution >= 0.6 is 0 Å². The molecule has 0 aliphatic rings. The van der Waals surface area contributed by atoms with Gasteiger partial charge in [0.2, 0.25) is 0 Å². The van der Waals surface area contributed by atoms with Crippen molar-refractivity contribution >= 4 is 49.6 Å². The molecule has 2 heteroatoms. The van der Waals surface area contributed by atoms with Gasteiger partial charge in [-0.3, -0.25) is 0 Å². The van der Waals surface area contributed by atoms with Crippen LogP contribution in [0.1, 0.15) is 0 Å². The molecule has 8 rings (SSSR count). The molecular formula is C40H28N2. The van der Waals surface area contributed by atoms with Crippen molar-refractivity contribution in [2.45, 2.75) is 0 Å². The number of nitrogens with zero attached hydrogens (tertiary/aromatic N) is 1. The normalized spacial score (nSPS) is 11.3. The highest BCUT2D eigenvalue weighted by atomic mass is 15.1. The third-order valence-corrected chi connectivity index (χ3v) is 8.17. The van der Waals surface area contributed by atoms with E-state index in [9.17, 15) is 0 Å². The fourth-order valence-electron chi connectivity index (χ4n) is 6.03. The monoisotopic (exact) mass is 536 g/mol. The maximum Gasteiger partial charge on any atom is 0.0465 e. The summed E-state index contributed by atoms with van der Waals surface area (Å²) in [6.07, 6.45) is 0. The van der Waals surface area contributed by atoms with Crippen molar-refractivity contribution in [2.24, 2.45) is 0 Å². The Morgan fingerprint density at radius 2 is 0.786 bits per heavy atom. The van der Waals surface area contributed by atoms with Crippen molar-refractivity contribution in [2.75, 3.05) is 4.90 Å². The maximum atomic E-state index is 3.62. The van der Waals surface area contributed by atoms with Crippen LogP contribution in [0.4, 0.5) is 17.1 Å². The molecule has 0 bridgehead atoms. The zero-order valence-electron chi connectivity index (χ0n) is 23.0. The van der Waals surface area contributed by atoms with Crippen LogP contribution in [0.2, 0.25) is 0 Å². The first-order valence-corrected chi connectivity index (χ1v) is 14.4. The number of hydrogen-bond donors (Lipinski definition) is 1. The second-order valence-electron chi connectivity index (χ2n) is 10.8. The number of aromatic nitrogens is 1. The second-order valence-corrected chi connectivity index (χ2v) is 10.8. The zero-order valence-corrected chi connectivity index (χ0v) is 23.0. The van der Waals surface area contributed by atoms with Gasteiger partial charge in [0.15, 0.2) is 0 Å². The number of H-pyrrole nitrogens is 1. The molecule has 0 saturated carbocycles. The lowest BCUT2D eigenvalue weighted by Gasteiger charge is -2.25. The Balaban J connectivity index is 1.17. The summed E-state index contributed by atoms with van der Waals surface area (Å²) in [7, 11) is 0. The van der Waals surface area contributed by atoms with E-state index in [1.54, 1.807) is 0 Å². The highest BCUT2D eigenvalue weighted by Crippen LogP contribution is 2.37. The Labute approximate surface area is 245 Å². The standard InChI is InChI=1S/C40H28N2/c1-3-11-34(12-4-1)42(35-13-5-2-6-14-35)36-21-17-29(18-22-36)32-19-23-39-37(26-32)38-27-33(20-24-40(38)41-39)31-16-15-28-9-7-8-10-30(28)25-31/h1-27,41H. The van der Waals surface area contributed by atoms with Gasteiger partial charge in [-0.1, -0.05) is 97.1 Å². The number of anilines is 3. The average molecular weight is 537 g/mol. The van der Waals surface area contributed by atoms with E-state index in [-0.39, 0.29) is 0 Å². The molecule has 0 unspecified atom stereocenters. The van der Waals surface area contributed by atoms with E-state index in [2.05, 4.69) is 174 Å². The van der Waals surface area contributed by atoms with Crippen LogP contribution in [0, 0.1) is 0 Å². The molecule has 0 saturated heterocycles. The Hall–Kier alpha value is -5.60. The number of rotatable bonds is 5. The third kappa shape index (κ3) is 4.31. The first kappa shape index (κ1) is 24.2. The minimum absolute atomic E-state index is 1.13. The fourth-order valence-corrected chi connectivity index (χ4v) is 6.03. The molecule has 0 atom stereocenters. The molecule has 0 spiro atoms. The lowest BCUT2D eigenvalue weighted by Crippen LogP contribution is -2.09. The number of para-hydroxylation sites is 2. The summed E-state index contributed by atoms with van der Waals surface area (Å²) < 4.78 is 0. The van der Waals surface area contributed by atoms with E-state index in [1.807, 2.05) is 0 Å². The van der Waals surface area contributed by atoms with Crippen molar-refractivity contribution in [3.05, 3.63) is 164 Å². The van der Waals surface area contributed by atoms with Gasteiger partial charge in [0.25, 0.3) is 0 Å². The van der Waals surface area contributed by atoms with Crippen molar-refractivity contribution in [3.63, 3.8) is 0 Å². The molecule has 1 heterocycles. The van der Waals surface area contributed by atoms with E-state index in [4.69, 9.17) is 0 Å². The predicted octanol–water partition coefficient (Wildman–Crippen LogP) is 11.3. The summed E-state index contributed by atoms with van der Waals surface area (Å²) in [4.78, 5) is 5.91. The highest BCUT2D eigenvalue weighted by molar-refractivity contribution is 6.10. The number of fused-ring (bicyclic) bond motifs is 4. The van der Waals surface area contributed by atoms with Crippen LogP contribution in [0.25, 0.3) is 54.8 Å². The number of hydrogen-bond acceptors (Lipinski definition) is 1. The molecule has 0 fully saturated rings. The van der Waals surface area contributed by atoms with Crippen LogP contribution in [-0.4, -0.2) is 4.98 Å².